The average molecular weight is 206 g/mol. The predicted molar refractivity (Wildman–Crippen MR) is 56.1 cm³/mol. The smallest absolute Gasteiger partial charge is 0.209 e. The number of ketones is 1. The summed E-state index contributed by atoms with van der Waals surface area (Å²) in [5.74, 6) is 0.522. The number of ether oxygens (including phenoxy) is 1. The molecule has 1 aliphatic heterocycles. The van der Waals surface area contributed by atoms with Gasteiger partial charge in [-0.05, 0) is 32.4 Å². The molecule has 0 radical (unpaired) electrons. The third kappa shape index (κ3) is 1.43. The Kier molecular flexibility index (Phi) is 2.08. The first kappa shape index (κ1) is 10.2. The van der Waals surface area contributed by atoms with Gasteiger partial charge in [-0.2, -0.15) is 0 Å². The van der Waals surface area contributed by atoms with Gasteiger partial charge in [0, 0.05) is 5.56 Å². The minimum Gasteiger partial charge on any atom is -0.479 e. The van der Waals surface area contributed by atoms with Gasteiger partial charge in [0.1, 0.15) is 5.75 Å². The van der Waals surface area contributed by atoms with Crippen molar-refractivity contribution in [1.82, 2.24) is 0 Å². The third-order valence-corrected chi connectivity index (χ3v) is 2.63. The van der Waals surface area contributed by atoms with Crippen LogP contribution in [0.1, 0.15) is 35.3 Å². The lowest BCUT2D eigenvalue weighted by Gasteiger charge is -2.16. The molecule has 0 amide bonds. The molecule has 15 heavy (non-hydrogen) atoms. The molecule has 3 nitrogen and oxygen atoms in total. The fraction of sp³-hybridized carbons (Fsp3) is 0.417. The standard InChI is InChI=1S/C12H14O3/c1-7-4-8(6-13)10-9(5-7)11(14)12(2,3)15-10/h4-5,13H,6H2,1-3H3. The third-order valence-electron chi connectivity index (χ3n) is 2.63. The highest BCUT2D eigenvalue weighted by Crippen LogP contribution is 2.38. The lowest BCUT2D eigenvalue weighted by Crippen LogP contribution is -2.32. The molecule has 0 aromatic heterocycles. The van der Waals surface area contributed by atoms with Gasteiger partial charge in [0.25, 0.3) is 0 Å². The summed E-state index contributed by atoms with van der Waals surface area (Å²) in [7, 11) is 0. The number of carbonyl (C=O) groups is 1. The first-order valence-corrected chi connectivity index (χ1v) is 4.94. The van der Waals surface area contributed by atoms with Crippen LogP contribution < -0.4 is 4.74 Å². The van der Waals surface area contributed by atoms with Gasteiger partial charge in [0.15, 0.2) is 5.60 Å². The molecule has 0 bridgehead atoms. The van der Waals surface area contributed by atoms with Crippen LogP contribution in [0.4, 0.5) is 0 Å². The van der Waals surface area contributed by atoms with Crippen molar-refractivity contribution in [3.05, 3.63) is 28.8 Å². The highest BCUT2D eigenvalue weighted by molar-refractivity contribution is 6.07. The van der Waals surface area contributed by atoms with E-state index in [9.17, 15) is 9.90 Å². The topological polar surface area (TPSA) is 46.5 Å². The molecule has 1 aromatic rings. The van der Waals surface area contributed by atoms with E-state index in [1.807, 2.05) is 19.1 Å². The van der Waals surface area contributed by atoms with E-state index in [1.54, 1.807) is 13.8 Å². The summed E-state index contributed by atoms with van der Waals surface area (Å²) in [5, 5.41) is 9.19. The van der Waals surface area contributed by atoms with E-state index in [2.05, 4.69) is 0 Å². The molecule has 3 heteroatoms. The molecule has 1 aliphatic rings. The minimum absolute atomic E-state index is 0.0177. The molecule has 0 unspecified atom stereocenters. The molecule has 1 aromatic carbocycles. The number of rotatable bonds is 1. The van der Waals surface area contributed by atoms with Crippen molar-refractivity contribution >= 4 is 5.78 Å². The van der Waals surface area contributed by atoms with E-state index in [0.717, 1.165) is 5.56 Å². The van der Waals surface area contributed by atoms with Crippen molar-refractivity contribution in [2.45, 2.75) is 33.0 Å². The Morgan fingerprint density at radius 3 is 2.67 bits per heavy atom. The first-order chi connectivity index (χ1) is 6.95. The maximum Gasteiger partial charge on any atom is 0.209 e. The van der Waals surface area contributed by atoms with Crippen molar-refractivity contribution in [2.75, 3.05) is 0 Å². The van der Waals surface area contributed by atoms with Crippen LogP contribution in [-0.4, -0.2) is 16.5 Å². The van der Waals surface area contributed by atoms with Crippen LogP contribution in [0, 0.1) is 6.92 Å². The SMILES string of the molecule is Cc1cc(CO)c2c(c1)C(=O)C(C)(C)O2. The van der Waals surface area contributed by atoms with Crippen molar-refractivity contribution in [3.63, 3.8) is 0 Å². The second-order valence-electron chi connectivity index (χ2n) is 4.40. The minimum atomic E-state index is -0.806. The van der Waals surface area contributed by atoms with Crippen LogP contribution in [0.3, 0.4) is 0 Å². The monoisotopic (exact) mass is 206 g/mol. The number of Topliss-reactive ketones (excluding diaryl/α,β-unsaturated/α-hetero) is 1. The van der Waals surface area contributed by atoms with E-state index in [-0.39, 0.29) is 12.4 Å². The van der Waals surface area contributed by atoms with Gasteiger partial charge in [-0.3, -0.25) is 4.79 Å². The quantitative estimate of drug-likeness (QED) is 0.762. The van der Waals surface area contributed by atoms with E-state index in [4.69, 9.17) is 4.74 Å². The van der Waals surface area contributed by atoms with E-state index < -0.39 is 5.60 Å². The Bertz CT molecular complexity index is 433. The van der Waals surface area contributed by atoms with E-state index in [0.29, 0.717) is 16.9 Å². The van der Waals surface area contributed by atoms with Crippen molar-refractivity contribution < 1.29 is 14.6 Å². The number of benzene rings is 1. The lowest BCUT2D eigenvalue weighted by atomic mass is 9.97. The number of aryl methyl sites for hydroxylation is 1. The second kappa shape index (κ2) is 3.07. The summed E-state index contributed by atoms with van der Waals surface area (Å²) in [5.41, 5.74) is 1.43. The molecule has 80 valence electrons. The van der Waals surface area contributed by atoms with Crippen LogP contribution in [0.2, 0.25) is 0 Å². The summed E-state index contributed by atoms with van der Waals surface area (Å²) in [4.78, 5) is 11.9. The van der Waals surface area contributed by atoms with Gasteiger partial charge in [0.2, 0.25) is 5.78 Å². The number of carbonyl (C=O) groups excluding carboxylic acids is 1. The first-order valence-electron chi connectivity index (χ1n) is 4.94. The van der Waals surface area contributed by atoms with Gasteiger partial charge in [-0.25, -0.2) is 0 Å². The molecule has 0 saturated heterocycles. The summed E-state index contributed by atoms with van der Waals surface area (Å²) in [6, 6.07) is 3.65. The Morgan fingerprint density at radius 1 is 1.40 bits per heavy atom. The largest absolute Gasteiger partial charge is 0.479 e. The summed E-state index contributed by atoms with van der Waals surface area (Å²) in [6.45, 7) is 5.28. The Morgan fingerprint density at radius 2 is 2.07 bits per heavy atom. The summed E-state index contributed by atoms with van der Waals surface area (Å²) in [6.07, 6.45) is 0. The Hall–Kier alpha value is -1.35. The summed E-state index contributed by atoms with van der Waals surface area (Å²) < 4.78 is 5.57. The van der Waals surface area contributed by atoms with Crippen molar-refractivity contribution in [2.24, 2.45) is 0 Å². The van der Waals surface area contributed by atoms with Crippen molar-refractivity contribution in [3.8, 4) is 5.75 Å². The molecule has 0 saturated carbocycles. The maximum absolute atomic E-state index is 11.9. The van der Waals surface area contributed by atoms with Crippen LogP contribution >= 0.6 is 0 Å². The average Bonchev–Trinajstić information content (AvgIpc) is 2.39. The zero-order chi connectivity index (χ0) is 11.2. The zero-order valence-electron chi connectivity index (χ0n) is 9.13. The zero-order valence-corrected chi connectivity index (χ0v) is 9.13. The number of hydrogen-bond acceptors (Lipinski definition) is 3. The van der Waals surface area contributed by atoms with Crippen LogP contribution in [0.25, 0.3) is 0 Å². The maximum atomic E-state index is 11.9. The number of fused-ring (bicyclic) bond motifs is 1. The molecule has 1 heterocycles. The van der Waals surface area contributed by atoms with E-state index in [1.165, 1.54) is 0 Å². The molecule has 1 N–H and O–H groups in total. The fourth-order valence-electron chi connectivity index (χ4n) is 1.88. The highest BCUT2D eigenvalue weighted by Gasteiger charge is 2.40. The van der Waals surface area contributed by atoms with Crippen molar-refractivity contribution in [1.29, 1.82) is 0 Å². The number of hydrogen-bond donors (Lipinski definition) is 1. The predicted octanol–water partition coefficient (Wildman–Crippen LogP) is 1.84. The molecule has 0 atom stereocenters. The number of aliphatic hydroxyl groups excluding tert-OH is 1. The highest BCUT2D eigenvalue weighted by atomic mass is 16.5. The Labute approximate surface area is 88.7 Å². The molecular weight excluding hydrogens is 192 g/mol. The molecule has 0 spiro atoms. The van der Waals surface area contributed by atoms with Gasteiger partial charge >= 0.3 is 0 Å². The van der Waals surface area contributed by atoms with Gasteiger partial charge in [0.05, 0.1) is 12.2 Å². The normalized spacial score (nSPS) is 17.5. The second-order valence-corrected chi connectivity index (χ2v) is 4.40. The van der Waals surface area contributed by atoms with Gasteiger partial charge in [-0.15, -0.1) is 0 Å². The van der Waals surface area contributed by atoms with E-state index >= 15 is 0 Å². The van der Waals surface area contributed by atoms with Crippen LogP contribution in [0.15, 0.2) is 12.1 Å². The van der Waals surface area contributed by atoms with Gasteiger partial charge in [-0.1, -0.05) is 6.07 Å². The molecule has 2 rings (SSSR count). The Balaban J connectivity index is 2.63. The van der Waals surface area contributed by atoms with Gasteiger partial charge < -0.3 is 9.84 Å². The molecule has 0 aliphatic carbocycles. The molecule has 0 fully saturated rings. The van der Waals surface area contributed by atoms with Crippen LogP contribution in [-0.2, 0) is 6.61 Å². The lowest BCUT2D eigenvalue weighted by molar-refractivity contribution is 0.0679. The van der Waals surface area contributed by atoms with Crippen LogP contribution in [0.5, 0.6) is 5.75 Å². The fourth-order valence-corrected chi connectivity index (χ4v) is 1.88. The number of aliphatic hydroxyl groups is 1. The molecular formula is C12H14O3. The summed E-state index contributed by atoms with van der Waals surface area (Å²) >= 11 is 0.